The predicted molar refractivity (Wildman–Crippen MR) is 117 cm³/mol. The number of carbonyl (C=O) groups excluding carboxylic acids is 1. The minimum absolute atomic E-state index is 0.197. The minimum Gasteiger partial charge on any atom is -0.493 e. The minimum atomic E-state index is -0.294. The number of nitrogens with zero attached hydrogens (tertiary/aromatic N) is 3. The Labute approximate surface area is 181 Å². The number of aromatic amines is 1. The Balaban J connectivity index is 1.18. The molecular formula is C21H19N5O2S2. The van der Waals surface area contributed by atoms with Crippen molar-refractivity contribution in [1.29, 1.82) is 0 Å². The van der Waals surface area contributed by atoms with E-state index in [0.29, 0.717) is 16.8 Å². The number of benzene rings is 1. The molecular weight excluding hydrogens is 418 g/mol. The molecule has 0 radical (unpaired) electrons. The van der Waals surface area contributed by atoms with Gasteiger partial charge in [0.25, 0.3) is 5.91 Å². The van der Waals surface area contributed by atoms with Gasteiger partial charge in [-0.2, -0.15) is 4.98 Å². The first-order chi connectivity index (χ1) is 14.7. The maximum Gasteiger partial charge on any atom is 0.277 e. The quantitative estimate of drug-likeness (QED) is 0.551. The number of aromatic nitrogens is 4. The number of hydrogen-bond acceptors (Lipinski definition) is 7. The van der Waals surface area contributed by atoms with Crippen LogP contribution in [-0.2, 0) is 10.5 Å². The van der Waals surface area contributed by atoms with Gasteiger partial charge < -0.3 is 4.74 Å². The number of anilines is 1. The van der Waals surface area contributed by atoms with Crippen LogP contribution in [0, 0.1) is 0 Å². The highest BCUT2D eigenvalue weighted by Gasteiger charge is 2.25. The first kappa shape index (κ1) is 19.1. The summed E-state index contributed by atoms with van der Waals surface area (Å²) in [5.74, 6) is 1.99. The topological polar surface area (TPSA) is 92.8 Å². The molecule has 3 aromatic rings. The predicted octanol–water partition coefficient (Wildman–Crippen LogP) is 4.52. The average Bonchev–Trinajstić information content (AvgIpc) is 3.53. The van der Waals surface area contributed by atoms with Crippen LogP contribution in [0.3, 0.4) is 0 Å². The number of ether oxygens (including phenoxy) is 1. The molecule has 0 spiro atoms. The Hall–Kier alpha value is -2.91. The van der Waals surface area contributed by atoms with Crippen molar-refractivity contribution in [3.63, 3.8) is 0 Å². The Morgan fingerprint density at radius 1 is 1.30 bits per heavy atom. The molecule has 1 aromatic carbocycles. The summed E-state index contributed by atoms with van der Waals surface area (Å²) in [7, 11) is 0. The van der Waals surface area contributed by atoms with Crippen LogP contribution in [-0.4, -0.2) is 32.7 Å². The van der Waals surface area contributed by atoms with E-state index >= 15 is 0 Å². The lowest BCUT2D eigenvalue weighted by Crippen LogP contribution is -2.14. The normalized spacial score (nSPS) is 17.7. The highest BCUT2D eigenvalue weighted by atomic mass is 32.2. The van der Waals surface area contributed by atoms with Gasteiger partial charge in [0.15, 0.2) is 0 Å². The lowest BCUT2D eigenvalue weighted by atomic mass is 9.93. The summed E-state index contributed by atoms with van der Waals surface area (Å²) in [6.45, 7) is 0.760. The molecule has 0 saturated carbocycles. The molecule has 3 heterocycles. The van der Waals surface area contributed by atoms with Crippen molar-refractivity contribution in [2.45, 2.75) is 29.7 Å². The van der Waals surface area contributed by atoms with Crippen LogP contribution < -0.4 is 5.32 Å². The molecule has 1 aliphatic carbocycles. The Morgan fingerprint density at radius 3 is 3.10 bits per heavy atom. The molecule has 0 fully saturated rings. The third kappa shape index (κ3) is 4.17. The molecule has 152 valence electrons. The van der Waals surface area contributed by atoms with Crippen LogP contribution in [0.15, 0.2) is 64.4 Å². The summed E-state index contributed by atoms with van der Waals surface area (Å²) < 4.78 is 5.59. The van der Waals surface area contributed by atoms with Crippen molar-refractivity contribution in [1.82, 2.24) is 20.2 Å². The number of carbonyl (C=O) groups is 1. The number of hydrogen-bond donors (Lipinski definition) is 2. The van der Waals surface area contributed by atoms with Crippen LogP contribution >= 0.6 is 23.1 Å². The molecule has 1 amide bonds. The third-order valence-electron chi connectivity index (χ3n) is 4.94. The number of allylic oxidation sites excluding steroid dienone is 2. The van der Waals surface area contributed by atoms with Gasteiger partial charge in [0, 0.05) is 23.5 Å². The fourth-order valence-corrected chi connectivity index (χ4v) is 5.04. The van der Waals surface area contributed by atoms with E-state index in [9.17, 15) is 4.79 Å². The summed E-state index contributed by atoms with van der Waals surface area (Å²) in [4.78, 5) is 21.5. The molecule has 5 rings (SSSR count). The maximum atomic E-state index is 12.6. The molecule has 0 saturated heterocycles. The lowest BCUT2D eigenvalue weighted by Gasteiger charge is -2.15. The van der Waals surface area contributed by atoms with Gasteiger partial charge in [-0.3, -0.25) is 10.1 Å². The lowest BCUT2D eigenvalue weighted by molar-refractivity contribution is 0.102. The summed E-state index contributed by atoms with van der Waals surface area (Å²) in [5, 5.41) is 13.0. The molecule has 2 aromatic heterocycles. The van der Waals surface area contributed by atoms with E-state index in [1.807, 2.05) is 24.3 Å². The summed E-state index contributed by atoms with van der Waals surface area (Å²) >= 11 is 3.01. The van der Waals surface area contributed by atoms with Crippen molar-refractivity contribution in [3.05, 3.63) is 75.5 Å². The van der Waals surface area contributed by atoms with Crippen LogP contribution in [0.1, 0.15) is 39.8 Å². The zero-order valence-electron chi connectivity index (χ0n) is 16.0. The number of thioether (sulfide) groups is 1. The Morgan fingerprint density at radius 2 is 2.20 bits per heavy atom. The molecule has 9 heteroatoms. The number of nitrogens with one attached hydrogen (secondary N) is 2. The van der Waals surface area contributed by atoms with E-state index in [1.54, 1.807) is 5.38 Å². The van der Waals surface area contributed by atoms with Crippen LogP contribution in [0.2, 0.25) is 0 Å². The Kier molecular flexibility index (Phi) is 5.37. The fourth-order valence-electron chi connectivity index (χ4n) is 3.41. The SMILES string of the molecule is O=C(Nc1nc(SCc2ccccc2)n[nH]1)c1csc(C2C=CC3=C(CCO3)C2)n1. The second-order valence-electron chi connectivity index (χ2n) is 7.00. The van der Waals surface area contributed by atoms with Gasteiger partial charge in [0.1, 0.15) is 16.5 Å². The van der Waals surface area contributed by atoms with E-state index in [2.05, 4.69) is 43.7 Å². The van der Waals surface area contributed by atoms with Gasteiger partial charge in [-0.25, -0.2) is 10.1 Å². The van der Waals surface area contributed by atoms with E-state index < -0.39 is 0 Å². The number of rotatable bonds is 6. The smallest absolute Gasteiger partial charge is 0.277 e. The van der Waals surface area contributed by atoms with Crippen molar-refractivity contribution >= 4 is 35.0 Å². The maximum absolute atomic E-state index is 12.6. The first-order valence-corrected chi connectivity index (χ1v) is 11.5. The van der Waals surface area contributed by atoms with E-state index in [1.165, 1.54) is 34.2 Å². The van der Waals surface area contributed by atoms with Gasteiger partial charge in [-0.15, -0.1) is 16.4 Å². The molecule has 1 aliphatic heterocycles. The second-order valence-corrected chi connectivity index (χ2v) is 8.83. The van der Waals surface area contributed by atoms with Gasteiger partial charge in [0.2, 0.25) is 11.1 Å². The van der Waals surface area contributed by atoms with Crippen molar-refractivity contribution < 1.29 is 9.53 Å². The highest BCUT2D eigenvalue weighted by molar-refractivity contribution is 7.98. The molecule has 2 N–H and O–H groups in total. The largest absolute Gasteiger partial charge is 0.493 e. The average molecular weight is 438 g/mol. The van der Waals surface area contributed by atoms with Crippen LogP contribution in [0.5, 0.6) is 0 Å². The standard InChI is InChI=1S/C21H19N5O2S2/c27-18(23-20-24-21(26-25-20)30-11-13-4-2-1-3-5-13)16-12-29-19(22-16)15-6-7-17-14(10-15)8-9-28-17/h1-7,12,15H,8-11H2,(H2,23,24,25,26,27). The van der Waals surface area contributed by atoms with Gasteiger partial charge in [-0.1, -0.05) is 48.2 Å². The van der Waals surface area contributed by atoms with Crippen molar-refractivity contribution in [2.75, 3.05) is 11.9 Å². The fraction of sp³-hybridized carbons (Fsp3) is 0.238. The van der Waals surface area contributed by atoms with Crippen molar-refractivity contribution in [3.8, 4) is 0 Å². The van der Waals surface area contributed by atoms with Gasteiger partial charge in [0.05, 0.1) is 6.61 Å². The number of thiazole rings is 1. The molecule has 1 atom stereocenters. The van der Waals surface area contributed by atoms with E-state index in [-0.39, 0.29) is 11.8 Å². The molecule has 1 unspecified atom stereocenters. The van der Waals surface area contributed by atoms with Crippen LogP contribution in [0.4, 0.5) is 5.95 Å². The van der Waals surface area contributed by atoms with Gasteiger partial charge in [-0.05, 0) is 23.6 Å². The van der Waals surface area contributed by atoms with Crippen LogP contribution in [0.25, 0.3) is 0 Å². The van der Waals surface area contributed by atoms with Gasteiger partial charge >= 0.3 is 0 Å². The molecule has 30 heavy (non-hydrogen) atoms. The summed E-state index contributed by atoms with van der Waals surface area (Å²) in [6, 6.07) is 10.1. The molecule has 7 nitrogen and oxygen atoms in total. The first-order valence-electron chi connectivity index (χ1n) is 9.63. The van der Waals surface area contributed by atoms with E-state index in [4.69, 9.17) is 4.74 Å². The number of H-pyrrole nitrogens is 1. The summed E-state index contributed by atoms with van der Waals surface area (Å²) in [6.07, 6.45) is 6.02. The third-order valence-corrected chi connectivity index (χ3v) is 6.83. The number of amides is 1. The molecule has 2 aliphatic rings. The Bertz CT molecular complexity index is 1120. The summed E-state index contributed by atoms with van der Waals surface area (Å²) in [5.41, 5.74) is 2.92. The zero-order valence-corrected chi connectivity index (χ0v) is 17.6. The molecule has 0 bridgehead atoms. The monoisotopic (exact) mass is 437 g/mol. The van der Waals surface area contributed by atoms with E-state index in [0.717, 1.165) is 36.0 Å². The highest BCUT2D eigenvalue weighted by Crippen LogP contribution is 2.37. The zero-order chi connectivity index (χ0) is 20.3. The second kappa shape index (κ2) is 8.45. The van der Waals surface area contributed by atoms with Crippen molar-refractivity contribution in [2.24, 2.45) is 0 Å².